The number of non-ortho nitro benzene ring substituents is 1. The molecule has 0 radical (unpaired) electrons. The summed E-state index contributed by atoms with van der Waals surface area (Å²) in [5.74, 6) is -2.18. The summed E-state index contributed by atoms with van der Waals surface area (Å²) < 4.78 is 9.81. The number of hydrogen-bond acceptors (Lipinski definition) is 8. The first kappa shape index (κ1) is 18.1. The maximum Gasteiger partial charge on any atom is 0.355 e. The van der Waals surface area contributed by atoms with Crippen molar-refractivity contribution in [3.05, 3.63) is 51.2 Å². The van der Waals surface area contributed by atoms with E-state index in [9.17, 15) is 19.7 Å². The largest absolute Gasteiger partial charge is 0.464 e. The Bertz CT molecular complexity index is 767. The number of allylic oxidation sites excluding steroid dienone is 1. The third kappa shape index (κ3) is 3.65. The van der Waals surface area contributed by atoms with Gasteiger partial charge in [0.1, 0.15) is 0 Å². The molecule has 25 heavy (non-hydrogen) atoms. The van der Waals surface area contributed by atoms with Crippen LogP contribution in [-0.2, 0) is 19.1 Å². The van der Waals surface area contributed by atoms with Crippen LogP contribution in [0.15, 0.2) is 40.6 Å². The molecule has 9 nitrogen and oxygen atoms in total. The molecule has 1 atom stereocenters. The molecule has 1 aromatic carbocycles. The Kier molecular flexibility index (Phi) is 5.48. The molecule has 132 valence electrons. The molecule has 0 spiro atoms. The van der Waals surface area contributed by atoms with Crippen LogP contribution in [0.2, 0.25) is 0 Å². The summed E-state index contributed by atoms with van der Waals surface area (Å²) in [4.78, 5) is 34.8. The summed E-state index contributed by atoms with van der Waals surface area (Å²) >= 11 is 0. The van der Waals surface area contributed by atoms with Gasteiger partial charge < -0.3 is 9.47 Å². The lowest BCUT2D eigenvalue weighted by Crippen LogP contribution is -2.35. The van der Waals surface area contributed by atoms with Gasteiger partial charge in [-0.1, -0.05) is 12.1 Å². The minimum atomic E-state index is -0.853. The third-order valence-corrected chi connectivity index (χ3v) is 3.64. The van der Waals surface area contributed by atoms with Crippen molar-refractivity contribution in [2.24, 2.45) is 5.10 Å². The van der Waals surface area contributed by atoms with Gasteiger partial charge in [-0.05, 0) is 19.4 Å². The number of methoxy groups -OCH3 is 1. The Hall–Kier alpha value is -3.23. The molecule has 0 aromatic heterocycles. The number of hydrazone groups is 1. The molecule has 1 aliphatic rings. The molecule has 1 aliphatic heterocycles. The first-order chi connectivity index (χ1) is 11.9. The van der Waals surface area contributed by atoms with Crippen LogP contribution in [0.3, 0.4) is 0 Å². The Labute approximate surface area is 143 Å². The standard InChI is InChI=1S/C16H17N3O6/c1-4-25-15(20)12-9(2)17-18-14(16(21)24-3)13(12)10-5-7-11(8-6-10)19(22)23/h5-8,13,17H,4H2,1-3H3. The zero-order valence-electron chi connectivity index (χ0n) is 13.9. The zero-order valence-corrected chi connectivity index (χ0v) is 13.9. The van der Waals surface area contributed by atoms with Crippen molar-refractivity contribution in [3.8, 4) is 0 Å². The average Bonchev–Trinajstić information content (AvgIpc) is 2.60. The van der Waals surface area contributed by atoms with Gasteiger partial charge in [0.05, 0.1) is 30.1 Å². The number of nitrogens with one attached hydrogen (secondary N) is 1. The van der Waals surface area contributed by atoms with Gasteiger partial charge in [-0.15, -0.1) is 0 Å². The van der Waals surface area contributed by atoms with Crippen LogP contribution >= 0.6 is 0 Å². The number of nitro benzene ring substituents is 1. The summed E-state index contributed by atoms with van der Waals surface area (Å²) in [5, 5.41) is 14.8. The van der Waals surface area contributed by atoms with E-state index in [1.807, 2.05) is 0 Å². The van der Waals surface area contributed by atoms with Crippen molar-refractivity contribution in [1.29, 1.82) is 0 Å². The lowest BCUT2D eigenvalue weighted by molar-refractivity contribution is -0.384. The molecule has 0 saturated heterocycles. The van der Waals surface area contributed by atoms with E-state index in [-0.39, 0.29) is 23.6 Å². The van der Waals surface area contributed by atoms with E-state index in [1.54, 1.807) is 13.8 Å². The summed E-state index contributed by atoms with van der Waals surface area (Å²) in [5.41, 5.74) is 3.59. The highest BCUT2D eigenvalue weighted by Crippen LogP contribution is 2.32. The predicted octanol–water partition coefficient (Wildman–Crippen LogP) is 1.65. The molecule has 1 unspecified atom stereocenters. The second-order valence-corrected chi connectivity index (χ2v) is 5.14. The number of esters is 2. The molecule has 0 fully saturated rings. The van der Waals surface area contributed by atoms with E-state index in [0.717, 1.165) is 0 Å². The Morgan fingerprint density at radius 2 is 1.92 bits per heavy atom. The molecular formula is C16H17N3O6. The molecule has 1 aromatic rings. The van der Waals surface area contributed by atoms with Crippen LogP contribution in [0.5, 0.6) is 0 Å². The molecule has 2 rings (SSSR count). The fraction of sp³-hybridized carbons (Fsp3) is 0.312. The third-order valence-electron chi connectivity index (χ3n) is 3.64. The summed E-state index contributed by atoms with van der Waals surface area (Å²) in [6.45, 7) is 3.45. The predicted molar refractivity (Wildman–Crippen MR) is 87.8 cm³/mol. The van der Waals surface area contributed by atoms with Crippen LogP contribution in [-0.4, -0.2) is 36.3 Å². The minimum absolute atomic E-state index is 0.0370. The fourth-order valence-corrected chi connectivity index (χ4v) is 2.48. The van der Waals surface area contributed by atoms with Gasteiger partial charge >= 0.3 is 11.9 Å². The number of carbonyl (C=O) groups is 2. The van der Waals surface area contributed by atoms with E-state index in [4.69, 9.17) is 9.47 Å². The second-order valence-electron chi connectivity index (χ2n) is 5.14. The van der Waals surface area contributed by atoms with Crippen molar-refractivity contribution < 1.29 is 24.0 Å². The molecule has 9 heteroatoms. The van der Waals surface area contributed by atoms with Gasteiger partial charge in [-0.3, -0.25) is 15.5 Å². The molecular weight excluding hydrogens is 330 g/mol. The number of hydrogen-bond donors (Lipinski definition) is 1. The van der Waals surface area contributed by atoms with Gasteiger partial charge in [0, 0.05) is 17.8 Å². The number of rotatable bonds is 5. The average molecular weight is 347 g/mol. The van der Waals surface area contributed by atoms with E-state index < -0.39 is 22.8 Å². The minimum Gasteiger partial charge on any atom is -0.464 e. The van der Waals surface area contributed by atoms with Crippen molar-refractivity contribution in [3.63, 3.8) is 0 Å². The monoisotopic (exact) mass is 347 g/mol. The number of carbonyl (C=O) groups excluding carboxylic acids is 2. The first-order valence-corrected chi connectivity index (χ1v) is 7.44. The van der Waals surface area contributed by atoms with Crippen LogP contribution < -0.4 is 5.43 Å². The number of nitrogens with zero attached hydrogens (tertiary/aromatic N) is 2. The van der Waals surface area contributed by atoms with Crippen molar-refractivity contribution in [1.82, 2.24) is 5.43 Å². The second kappa shape index (κ2) is 7.56. The SMILES string of the molecule is CCOC(=O)C1=C(C)NN=C(C(=O)OC)C1c1ccc([N+](=O)[O-])cc1. The van der Waals surface area contributed by atoms with Gasteiger partial charge in [0.2, 0.25) is 0 Å². The Morgan fingerprint density at radius 3 is 2.44 bits per heavy atom. The molecule has 0 bridgehead atoms. The van der Waals surface area contributed by atoms with Gasteiger partial charge in [0.25, 0.3) is 5.69 Å². The quantitative estimate of drug-likeness (QED) is 0.488. The van der Waals surface area contributed by atoms with E-state index in [2.05, 4.69) is 10.5 Å². The maximum absolute atomic E-state index is 12.4. The highest BCUT2D eigenvalue weighted by atomic mass is 16.6. The first-order valence-electron chi connectivity index (χ1n) is 7.44. The normalized spacial score (nSPS) is 16.6. The number of benzene rings is 1. The van der Waals surface area contributed by atoms with Gasteiger partial charge in [0.15, 0.2) is 5.71 Å². The highest BCUT2D eigenvalue weighted by Gasteiger charge is 2.37. The molecule has 1 N–H and O–H groups in total. The Morgan fingerprint density at radius 1 is 1.28 bits per heavy atom. The topological polar surface area (TPSA) is 120 Å². The van der Waals surface area contributed by atoms with Crippen molar-refractivity contribution in [2.45, 2.75) is 19.8 Å². The maximum atomic E-state index is 12.4. The van der Waals surface area contributed by atoms with E-state index in [1.165, 1.54) is 31.4 Å². The molecule has 0 amide bonds. The van der Waals surface area contributed by atoms with E-state index in [0.29, 0.717) is 11.3 Å². The fourth-order valence-electron chi connectivity index (χ4n) is 2.48. The van der Waals surface area contributed by atoms with Crippen molar-refractivity contribution in [2.75, 3.05) is 13.7 Å². The highest BCUT2D eigenvalue weighted by molar-refractivity contribution is 6.40. The van der Waals surface area contributed by atoms with Crippen LogP contribution in [0.1, 0.15) is 25.3 Å². The van der Waals surface area contributed by atoms with Gasteiger partial charge in [-0.2, -0.15) is 5.10 Å². The molecule has 1 heterocycles. The summed E-state index contributed by atoms with van der Waals surface area (Å²) in [7, 11) is 1.20. The van der Waals surface area contributed by atoms with Crippen molar-refractivity contribution >= 4 is 23.3 Å². The number of ether oxygens (including phenoxy) is 2. The Balaban J connectivity index is 2.55. The van der Waals surface area contributed by atoms with Gasteiger partial charge in [-0.25, -0.2) is 9.59 Å². The lowest BCUT2D eigenvalue weighted by atomic mass is 9.84. The van der Waals surface area contributed by atoms with Crippen LogP contribution in [0.25, 0.3) is 0 Å². The molecule has 0 aliphatic carbocycles. The molecule has 0 saturated carbocycles. The number of nitro groups is 1. The van der Waals surface area contributed by atoms with Crippen LogP contribution in [0.4, 0.5) is 5.69 Å². The summed E-state index contributed by atoms with van der Waals surface area (Å²) in [6.07, 6.45) is 0. The smallest absolute Gasteiger partial charge is 0.355 e. The zero-order chi connectivity index (χ0) is 18.6. The summed E-state index contributed by atoms with van der Waals surface area (Å²) in [6, 6.07) is 5.53. The lowest BCUT2D eigenvalue weighted by Gasteiger charge is -2.26. The van der Waals surface area contributed by atoms with E-state index >= 15 is 0 Å². The van der Waals surface area contributed by atoms with Crippen LogP contribution in [0, 0.1) is 10.1 Å².